The molecular weight excluding hydrogens is 416 g/mol. The Morgan fingerprint density at radius 2 is 1.64 bits per heavy atom. The number of aromatic hydroxyl groups is 1. The zero-order valence-corrected chi connectivity index (χ0v) is 18.3. The van der Waals surface area contributed by atoms with Crippen molar-refractivity contribution in [1.82, 2.24) is 4.90 Å². The molecule has 5 rings (SSSR count). The number of anilines is 1. The van der Waals surface area contributed by atoms with Gasteiger partial charge in [0, 0.05) is 49.1 Å². The van der Waals surface area contributed by atoms with Gasteiger partial charge in [-0.05, 0) is 31.2 Å². The summed E-state index contributed by atoms with van der Waals surface area (Å²) in [5.41, 5.74) is 2.86. The first-order valence-electron chi connectivity index (χ1n) is 11.0. The molecule has 33 heavy (non-hydrogen) atoms. The number of para-hydroxylation sites is 1. The molecule has 0 spiro atoms. The van der Waals surface area contributed by atoms with Gasteiger partial charge in [-0.2, -0.15) is 0 Å². The molecule has 4 aromatic rings. The highest BCUT2D eigenvalue weighted by atomic mass is 16.3. The van der Waals surface area contributed by atoms with Crippen LogP contribution in [0.1, 0.15) is 15.9 Å². The predicted octanol–water partition coefficient (Wildman–Crippen LogP) is 4.44. The lowest BCUT2D eigenvalue weighted by molar-refractivity contribution is 0.0747. The molecule has 3 aromatic carbocycles. The predicted molar refractivity (Wildman–Crippen MR) is 129 cm³/mol. The molecule has 0 atom stereocenters. The highest BCUT2D eigenvalue weighted by Gasteiger charge is 2.25. The van der Waals surface area contributed by atoms with Crippen molar-refractivity contribution in [3.05, 3.63) is 94.1 Å². The zero-order chi connectivity index (χ0) is 22.9. The number of rotatable bonds is 3. The average Bonchev–Trinajstić information content (AvgIpc) is 2.86. The topological polar surface area (TPSA) is 74.0 Å². The Hall–Kier alpha value is -4.06. The fraction of sp³-hybridized carbons (Fsp3) is 0.185. The number of hydrogen-bond donors (Lipinski definition) is 1. The molecule has 0 unspecified atom stereocenters. The van der Waals surface area contributed by atoms with E-state index in [0.29, 0.717) is 54.0 Å². The third-order valence-electron chi connectivity index (χ3n) is 6.17. The molecule has 1 aromatic heterocycles. The van der Waals surface area contributed by atoms with Gasteiger partial charge in [-0.1, -0.05) is 42.5 Å². The highest BCUT2D eigenvalue weighted by molar-refractivity contribution is 6.05. The minimum Gasteiger partial charge on any atom is -0.508 e. The maximum absolute atomic E-state index is 13.5. The lowest BCUT2D eigenvalue weighted by Gasteiger charge is -2.36. The summed E-state index contributed by atoms with van der Waals surface area (Å²) in [7, 11) is 0. The monoisotopic (exact) mass is 440 g/mol. The third-order valence-corrected chi connectivity index (χ3v) is 6.17. The number of carbonyl (C=O) groups excluding carboxylic acids is 1. The number of phenols is 1. The van der Waals surface area contributed by atoms with Crippen molar-refractivity contribution in [3.63, 3.8) is 0 Å². The van der Waals surface area contributed by atoms with E-state index in [0.717, 1.165) is 11.3 Å². The molecule has 1 aliphatic rings. The molecule has 1 saturated heterocycles. The molecular formula is C27H24N2O4. The fourth-order valence-electron chi connectivity index (χ4n) is 4.37. The van der Waals surface area contributed by atoms with Gasteiger partial charge in [-0.15, -0.1) is 0 Å². The summed E-state index contributed by atoms with van der Waals surface area (Å²) in [5, 5.41) is 10.2. The number of hydrogen-bond acceptors (Lipinski definition) is 5. The summed E-state index contributed by atoms with van der Waals surface area (Å²) in [4.78, 5) is 30.5. The SMILES string of the molecule is Cc1c(-c2ccccc2)oc2c(C(=O)N3CCN(c4cccc(O)c4)CC3)cccc2c1=O. The van der Waals surface area contributed by atoms with Crippen molar-refractivity contribution in [3.8, 4) is 17.1 Å². The molecule has 6 heteroatoms. The first-order valence-corrected chi connectivity index (χ1v) is 11.0. The van der Waals surface area contributed by atoms with Crippen LogP contribution in [0.15, 0.2) is 82.0 Å². The first-order chi connectivity index (χ1) is 16.0. The smallest absolute Gasteiger partial charge is 0.257 e. The van der Waals surface area contributed by atoms with Gasteiger partial charge in [0.2, 0.25) is 0 Å². The molecule has 0 radical (unpaired) electrons. The van der Waals surface area contributed by atoms with Crippen LogP contribution in [0.5, 0.6) is 5.75 Å². The van der Waals surface area contributed by atoms with Crippen LogP contribution in [0, 0.1) is 6.92 Å². The van der Waals surface area contributed by atoms with Crippen LogP contribution in [0.3, 0.4) is 0 Å². The first kappa shape index (κ1) is 20.8. The number of amides is 1. The Morgan fingerprint density at radius 1 is 0.909 bits per heavy atom. The van der Waals surface area contributed by atoms with E-state index in [9.17, 15) is 14.7 Å². The van der Waals surface area contributed by atoms with Crippen molar-refractivity contribution in [2.75, 3.05) is 31.1 Å². The van der Waals surface area contributed by atoms with E-state index in [2.05, 4.69) is 4.90 Å². The Labute approximate surface area is 191 Å². The number of nitrogens with zero attached hydrogens (tertiary/aromatic N) is 2. The summed E-state index contributed by atoms with van der Waals surface area (Å²) in [5.74, 6) is 0.561. The van der Waals surface area contributed by atoms with E-state index < -0.39 is 0 Å². The second kappa shape index (κ2) is 8.47. The Morgan fingerprint density at radius 3 is 2.36 bits per heavy atom. The number of piperazine rings is 1. The number of benzene rings is 3. The van der Waals surface area contributed by atoms with E-state index in [-0.39, 0.29) is 17.1 Å². The van der Waals surface area contributed by atoms with Crippen LogP contribution in [0.4, 0.5) is 5.69 Å². The van der Waals surface area contributed by atoms with Crippen LogP contribution in [-0.4, -0.2) is 42.1 Å². The largest absolute Gasteiger partial charge is 0.508 e. The van der Waals surface area contributed by atoms with Gasteiger partial charge in [0.05, 0.1) is 10.9 Å². The second-order valence-corrected chi connectivity index (χ2v) is 8.23. The van der Waals surface area contributed by atoms with Crippen molar-refractivity contribution < 1.29 is 14.3 Å². The normalized spacial score (nSPS) is 14.0. The van der Waals surface area contributed by atoms with Crippen LogP contribution < -0.4 is 10.3 Å². The molecule has 166 valence electrons. The Bertz CT molecular complexity index is 1390. The standard InChI is InChI=1S/C27H24N2O4/c1-18-24(31)22-11-6-12-23(26(22)33-25(18)19-7-3-2-4-8-19)27(32)29-15-13-28(14-16-29)20-9-5-10-21(30)17-20/h2-12,17,30H,13-16H2,1H3. The van der Waals surface area contributed by atoms with Crippen molar-refractivity contribution in [2.24, 2.45) is 0 Å². The molecule has 1 N–H and O–H groups in total. The van der Waals surface area contributed by atoms with Crippen LogP contribution in [-0.2, 0) is 0 Å². The molecule has 2 heterocycles. The van der Waals surface area contributed by atoms with Crippen LogP contribution in [0.2, 0.25) is 0 Å². The number of phenolic OH excluding ortho intramolecular Hbond substituents is 1. The summed E-state index contributed by atoms with van der Waals surface area (Å²) < 4.78 is 6.22. The van der Waals surface area contributed by atoms with Crippen molar-refractivity contribution in [2.45, 2.75) is 6.92 Å². The fourth-order valence-corrected chi connectivity index (χ4v) is 4.37. The van der Waals surface area contributed by atoms with Gasteiger partial charge >= 0.3 is 0 Å². The molecule has 1 fully saturated rings. The highest BCUT2D eigenvalue weighted by Crippen LogP contribution is 2.28. The molecule has 0 saturated carbocycles. The molecule has 1 aliphatic heterocycles. The number of fused-ring (bicyclic) bond motifs is 1. The lowest BCUT2D eigenvalue weighted by Crippen LogP contribution is -2.48. The average molecular weight is 440 g/mol. The maximum Gasteiger partial charge on any atom is 0.257 e. The minimum absolute atomic E-state index is 0.126. The quantitative estimate of drug-likeness (QED) is 0.510. The van der Waals surface area contributed by atoms with Crippen LogP contribution >= 0.6 is 0 Å². The maximum atomic E-state index is 13.5. The van der Waals surface area contributed by atoms with E-state index in [1.807, 2.05) is 42.5 Å². The summed E-state index contributed by atoms with van der Waals surface area (Å²) in [6.45, 7) is 4.12. The molecule has 0 bridgehead atoms. The molecule has 0 aliphatic carbocycles. The van der Waals surface area contributed by atoms with E-state index in [1.165, 1.54) is 0 Å². The van der Waals surface area contributed by atoms with Gasteiger partial charge in [-0.3, -0.25) is 9.59 Å². The molecule has 6 nitrogen and oxygen atoms in total. The van der Waals surface area contributed by atoms with E-state index in [1.54, 1.807) is 42.2 Å². The van der Waals surface area contributed by atoms with Gasteiger partial charge in [0.25, 0.3) is 5.91 Å². The van der Waals surface area contributed by atoms with Gasteiger partial charge in [0.15, 0.2) is 11.0 Å². The lowest BCUT2D eigenvalue weighted by atomic mass is 10.0. The van der Waals surface area contributed by atoms with Crippen LogP contribution in [0.25, 0.3) is 22.3 Å². The van der Waals surface area contributed by atoms with E-state index in [4.69, 9.17) is 4.42 Å². The van der Waals surface area contributed by atoms with Gasteiger partial charge in [-0.25, -0.2) is 0 Å². The second-order valence-electron chi connectivity index (χ2n) is 8.23. The van der Waals surface area contributed by atoms with Gasteiger partial charge < -0.3 is 19.3 Å². The summed E-state index contributed by atoms with van der Waals surface area (Å²) in [6.07, 6.45) is 0. The van der Waals surface area contributed by atoms with Gasteiger partial charge in [0.1, 0.15) is 11.5 Å². The van der Waals surface area contributed by atoms with E-state index >= 15 is 0 Å². The molecule has 1 amide bonds. The Balaban J connectivity index is 1.47. The summed E-state index contributed by atoms with van der Waals surface area (Å²) >= 11 is 0. The minimum atomic E-state index is -0.151. The van der Waals surface area contributed by atoms with Crippen molar-refractivity contribution in [1.29, 1.82) is 0 Å². The Kier molecular flexibility index (Phi) is 5.34. The third kappa shape index (κ3) is 3.84. The zero-order valence-electron chi connectivity index (χ0n) is 18.3. The number of carbonyl (C=O) groups is 1. The van der Waals surface area contributed by atoms with Crippen molar-refractivity contribution >= 4 is 22.6 Å². The summed E-state index contributed by atoms with van der Waals surface area (Å²) in [6, 6.07) is 21.8.